The molecule has 0 atom stereocenters. The molecule has 2 heterocycles. The Bertz CT molecular complexity index is 1090. The number of benzene rings is 2. The van der Waals surface area contributed by atoms with E-state index in [4.69, 9.17) is 16.1 Å². The van der Waals surface area contributed by atoms with Crippen molar-refractivity contribution in [1.29, 1.82) is 0 Å². The van der Waals surface area contributed by atoms with E-state index in [1.165, 1.54) is 0 Å². The van der Waals surface area contributed by atoms with E-state index in [2.05, 4.69) is 42.4 Å². The van der Waals surface area contributed by atoms with Gasteiger partial charge in [-0.2, -0.15) is 16.7 Å². The summed E-state index contributed by atoms with van der Waals surface area (Å²) in [6.07, 6.45) is 2.65. The van der Waals surface area contributed by atoms with Crippen molar-refractivity contribution < 1.29 is 9.32 Å². The van der Waals surface area contributed by atoms with Crippen LogP contribution in [0.2, 0.25) is 5.02 Å². The van der Waals surface area contributed by atoms with E-state index in [1.807, 2.05) is 54.2 Å². The summed E-state index contributed by atoms with van der Waals surface area (Å²) in [5, 5.41) is 8.04. The molecule has 0 spiro atoms. The first-order valence-electron chi connectivity index (χ1n) is 11.5. The lowest BCUT2D eigenvalue weighted by Gasteiger charge is -2.30. The van der Waals surface area contributed by atoms with Crippen molar-refractivity contribution in [3.05, 3.63) is 69.5 Å². The Morgan fingerprint density at radius 2 is 2.03 bits per heavy atom. The van der Waals surface area contributed by atoms with Crippen LogP contribution in [0.1, 0.15) is 30.7 Å². The molecular weight excluding hydrogens is 536 g/mol. The van der Waals surface area contributed by atoms with Crippen molar-refractivity contribution in [2.45, 2.75) is 31.6 Å². The van der Waals surface area contributed by atoms with E-state index in [-0.39, 0.29) is 11.8 Å². The van der Waals surface area contributed by atoms with Gasteiger partial charge in [0.1, 0.15) is 0 Å². The molecule has 4 rings (SSSR count). The fourth-order valence-corrected chi connectivity index (χ4v) is 5.58. The molecule has 1 aromatic heterocycles. The average molecular weight is 564 g/mol. The van der Waals surface area contributed by atoms with Gasteiger partial charge >= 0.3 is 0 Å². The number of nitrogens with zero attached hydrogens (tertiary/aromatic N) is 3. The highest BCUT2D eigenvalue weighted by Crippen LogP contribution is 2.23. The molecule has 0 unspecified atom stereocenters. The summed E-state index contributed by atoms with van der Waals surface area (Å²) in [6, 6.07) is 15.8. The van der Waals surface area contributed by atoms with Crippen LogP contribution in [0.3, 0.4) is 0 Å². The van der Waals surface area contributed by atoms with Crippen LogP contribution < -0.4 is 5.32 Å². The molecule has 0 saturated carbocycles. The van der Waals surface area contributed by atoms with Crippen LogP contribution >= 0.6 is 39.3 Å². The Hall–Kier alpha value is -1.87. The monoisotopic (exact) mass is 562 g/mol. The number of rotatable bonds is 10. The lowest BCUT2D eigenvalue weighted by atomic mass is 9.96. The third-order valence-electron chi connectivity index (χ3n) is 5.85. The number of carbonyl (C=O) groups excluding carboxylic acids is 1. The van der Waals surface area contributed by atoms with Gasteiger partial charge in [0.15, 0.2) is 0 Å². The number of thioether (sulfide) groups is 1. The van der Waals surface area contributed by atoms with Gasteiger partial charge in [0.2, 0.25) is 17.6 Å². The molecule has 2 aromatic carbocycles. The molecule has 1 fully saturated rings. The van der Waals surface area contributed by atoms with Gasteiger partial charge < -0.3 is 9.84 Å². The van der Waals surface area contributed by atoms with Crippen molar-refractivity contribution in [3.8, 4) is 11.4 Å². The molecule has 0 aliphatic carbocycles. The van der Waals surface area contributed by atoms with E-state index >= 15 is 0 Å². The molecule has 3 aromatic rings. The first-order chi connectivity index (χ1) is 16.6. The van der Waals surface area contributed by atoms with Gasteiger partial charge in [0.25, 0.3) is 0 Å². The van der Waals surface area contributed by atoms with Crippen LogP contribution in [0.25, 0.3) is 11.4 Å². The highest BCUT2D eigenvalue weighted by Gasteiger charge is 2.25. The van der Waals surface area contributed by atoms with Crippen LogP contribution in [0.5, 0.6) is 0 Å². The number of hydrogen-bond acceptors (Lipinski definition) is 6. The first kappa shape index (κ1) is 25.2. The zero-order chi connectivity index (χ0) is 23.8. The number of halogens is 2. The van der Waals surface area contributed by atoms with Gasteiger partial charge in [0, 0.05) is 33.3 Å². The molecule has 180 valence electrons. The Morgan fingerprint density at radius 1 is 1.21 bits per heavy atom. The van der Waals surface area contributed by atoms with Gasteiger partial charge in [-0.3, -0.25) is 9.69 Å². The first-order valence-corrected chi connectivity index (χ1v) is 13.8. The van der Waals surface area contributed by atoms with Crippen molar-refractivity contribution in [2.24, 2.45) is 5.92 Å². The number of aromatic nitrogens is 2. The van der Waals surface area contributed by atoms with Gasteiger partial charge in [-0.25, -0.2) is 0 Å². The molecule has 0 bridgehead atoms. The molecule has 6 nitrogen and oxygen atoms in total. The Labute approximate surface area is 218 Å². The zero-order valence-corrected chi connectivity index (χ0v) is 22.0. The predicted octanol–water partition coefficient (Wildman–Crippen LogP) is 5.80. The standard InChI is InChI=1S/C25H28BrClN4O2S/c26-21-7-3-6-19(15-21)24-29-23(33-30-24)16-31-12-9-18(10-13-31)25(32)28-11-4-14-34-17-20-5-1-2-8-22(20)27/h1-3,5-8,15,18H,4,9-14,16-17H2,(H,28,32). The van der Waals surface area contributed by atoms with Gasteiger partial charge in [-0.15, -0.1) is 0 Å². The molecule has 1 aliphatic heterocycles. The van der Waals surface area contributed by atoms with Crippen molar-refractivity contribution in [3.63, 3.8) is 0 Å². The third kappa shape index (κ3) is 7.31. The van der Waals surface area contributed by atoms with Crippen molar-refractivity contribution >= 4 is 45.2 Å². The van der Waals surface area contributed by atoms with E-state index in [9.17, 15) is 4.79 Å². The summed E-state index contributed by atoms with van der Waals surface area (Å²) in [4.78, 5) is 19.4. The minimum atomic E-state index is 0.0759. The van der Waals surface area contributed by atoms with Gasteiger partial charge in [-0.1, -0.05) is 63.0 Å². The molecule has 1 aliphatic rings. The second-order valence-corrected chi connectivity index (χ2v) is 10.8. The Morgan fingerprint density at radius 3 is 2.82 bits per heavy atom. The smallest absolute Gasteiger partial charge is 0.241 e. The number of likely N-dealkylation sites (tertiary alicyclic amines) is 1. The summed E-state index contributed by atoms with van der Waals surface area (Å²) >= 11 is 11.5. The van der Waals surface area contributed by atoms with Crippen molar-refractivity contribution in [2.75, 3.05) is 25.4 Å². The summed E-state index contributed by atoms with van der Waals surface area (Å²) in [5.74, 6) is 3.34. The molecule has 1 N–H and O–H groups in total. The van der Waals surface area contributed by atoms with Crippen LogP contribution in [0.4, 0.5) is 0 Å². The van der Waals surface area contributed by atoms with Crippen LogP contribution in [-0.2, 0) is 17.1 Å². The van der Waals surface area contributed by atoms with Crippen molar-refractivity contribution in [1.82, 2.24) is 20.4 Å². The highest BCUT2D eigenvalue weighted by molar-refractivity contribution is 9.10. The van der Waals surface area contributed by atoms with Crippen LogP contribution in [0.15, 0.2) is 57.5 Å². The number of carbonyl (C=O) groups is 1. The lowest BCUT2D eigenvalue weighted by molar-refractivity contribution is -0.126. The lowest BCUT2D eigenvalue weighted by Crippen LogP contribution is -2.40. The van der Waals surface area contributed by atoms with E-state index in [1.54, 1.807) is 0 Å². The Kier molecular flexibility index (Phi) is 9.44. The quantitative estimate of drug-likeness (QED) is 0.314. The normalized spacial score (nSPS) is 14.9. The minimum absolute atomic E-state index is 0.0759. The van der Waals surface area contributed by atoms with Gasteiger partial charge in [0.05, 0.1) is 6.54 Å². The summed E-state index contributed by atoms with van der Waals surface area (Å²) in [6.45, 7) is 3.02. The second-order valence-electron chi connectivity index (χ2n) is 8.36. The maximum atomic E-state index is 12.6. The van der Waals surface area contributed by atoms with Crippen LogP contribution in [0, 0.1) is 5.92 Å². The second kappa shape index (κ2) is 12.7. The number of piperidine rings is 1. The third-order valence-corrected chi connectivity index (χ3v) is 7.80. The molecule has 1 amide bonds. The Balaban J connectivity index is 1.12. The number of hydrogen-bond donors (Lipinski definition) is 1. The fourth-order valence-electron chi connectivity index (χ4n) is 3.94. The average Bonchev–Trinajstić information content (AvgIpc) is 3.31. The molecule has 9 heteroatoms. The summed E-state index contributed by atoms with van der Waals surface area (Å²) < 4.78 is 6.43. The molecule has 34 heavy (non-hydrogen) atoms. The van der Waals surface area contributed by atoms with Crippen LogP contribution in [-0.4, -0.2) is 46.3 Å². The molecule has 0 radical (unpaired) electrons. The molecule has 1 saturated heterocycles. The fraction of sp³-hybridized carbons (Fsp3) is 0.400. The van der Waals surface area contributed by atoms with E-state index in [0.717, 1.165) is 71.0 Å². The summed E-state index contributed by atoms with van der Waals surface area (Å²) in [5.41, 5.74) is 2.08. The largest absolute Gasteiger partial charge is 0.356 e. The minimum Gasteiger partial charge on any atom is -0.356 e. The maximum Gasteiger partial charge on any atom is 0.241 e. The van der Waals surface area contributed by atoms with Gasteiger partial charge in [-0.05, 0) is 61.9 Å². The predicted molar refractivity (Wildman–Crippen MR) is 141 cm³/mol. The topological polar surface area (TPSA) is 71.3 Å². The SMILES string of the molecule is O=C(NCCCSCc1ccccc1Cl)C1CCN(Cc2nc(-c3cccc(Br)c3)no2)CC1. The number of amides is 1. The number of nitrogens with one attached hydrogen (secondary N) is 1. The maximum absolute atomic E-state index is 12.6. The van der Waals surface area contributed by atoms with E-state index < -0.39 is 0 Å². The highest BCUT2D eigenvalue weighted by atomic mass is 79.9. The molecular formula is C25H28BrClN4O2S. The zero-order valence-electron chi connectivity index (χ0n) is 18.9. The summed E-state index contributed by atoms with van der Waals surface area (Å²) in [7, 11) is 0. The van der Waals surface area contributed by atoms with E-state index in [0.29, 0.717) is 18.3 Å².